The molecular weight excluding hydrogens is 330 g/mol. The van der Waals surface area contributed by atoms with Gasteiger partial charge < -0.3 is 10.1 Å². The number of rotatable bonds is 6. The van der Waals surface area contributed by atoms with E-state index in [1.54, 1.807) is 18.7 Å². The van der Waals surface area contributed by atoms with E-state index < -0.39 is 6.10 Å². The number of ether oxygens (including phenoxy) is 1. The van der Waals surface area contributed by atoms with Crippen molar-refractivity contribution in [3.63, 3.8) is 0 Å². The van der Waals surface area contributed by atoms with Gasteiger partial charge in [0.1, 0.15) is 5.75 Å². The lowest BCUT2D eigenvalue weighted by Crippen LogP contribution is -2.30. The van der Waals surface area contributed by atoms with Crippen molar-refractivity contribution >= 4 is 23.4 Å². The molecule has 1 amide bonds. The maximum atomic E-state index is 12.5. The molecule has 1 aliphatic rings. The van der Waals surface area contributed by atoms with Crippen LogP contribution in [0.3, 0.4) is 0 Å². The molecule has 2 aromatic carbocycles. The number of carbonyl (C=O) groups is 1. The number of anilines is 1. The van der Waals surface area contributed by atoms with Crippen molar-refractivity contribution in [2.75, 3.05) is 11.1 Å². The van der Waals surface area contributed by atoms with Gasteiger partial charge in [-0.15, -0.1) is 11.8 Å². The van der Waals surface area contributed by atoms with Gasteiger partial charge in [-0.1, -0.05) is 25.1 Å². The highest BCUT2D eigenvalue weighted by Crippen LogP contribution is 2.28. The number of carbonyl (C=O) groups excluding carboxylic acids is 1. The standard InChI is InChI=1S/C21H25NO2S/c1-3-25-20-11-7-6-10-19(20)22-21(23)15(2)24-18-13-12-16-8-4-5-9-17(16)14-18/h6-7,10-15H,3-5,8-9H2,1-2H3,(H,22,23)/t15-/m0/s1. The van der Waals surface area contributed by atoms with Crippen molar-refractivity contribution in [1.29, 1.82) is 0 Å². The van der Waals surface area contributed by atoms with Crippen molar-refractivity contribution in [2.45, 2.75) is 50.5 Å². The maximum absolute atomic E-state index is 12.5. The highest BCUT2D eigenvalue weighted by molar-refractivity contribution is 7.99. The van der Waals surface area contributed by atoms with Gasteiger partial charge >= 0.3 is 0 Å². The number of hydrogen-bond donors (Lipinski definition) is 1. The molecule has 3 rings (SSSR count). The minimum Gasteiger partial charge on any atom is -0.481 e. The van der Waals surface area contributed by atoms with Gasteiger partial charge in [0.05, 0.1) is 5.69 Å². The van der Waals surface area contributed by atoms with E-state index >= 15 is 0 Å². The van der Waals surface area contributed by atoms with Gasteiger partial charge in [0, 0.05) is 4.90 Å². The summed E-state index contributed by atoms with van der Waals surface area (Å²) in [7, 11) is 0. The molecule has 3 nitrogen and oxygen atoms in total. The fourth-order valence-electron chi connectivity index (χ4n) is 3.13. The van der Waals surface area contributed by atoms with E-state index in [9.17, 15) is 4.79 Å². The molecule has 1 aliphatic carbocycles. The molecule has 0 spiro atoms. The molecule has 2 aromatic rings. The summed E-state index contributed by atoms with van der Waals surface area (Å²) in [5.41, 5.74) is 3.63. The molecule has 0 fully saturated rings. The average molecular weight is 356 g/mol. The SMILES string of the molecule is CCSc1ccccc1NC(=O)[C@H](C)Oc1ccc2c(c1)CCCC2. The third-order valence-electron chi connectivity index (χ3n) is 4.45. The molecule has 25 heavy (non-hydrogen) atoms. The first-order chi connectivity index (χ1) is 12.2. The number of para-hydroxylation sites is 1. The Morgan fingerprint density at radius 1 is 1.16 bits per heavy atom. The summed E-state index contributed by atoms with van der Waals surface area (Å²) < 4.78 is 5.90. The van der Waals surface area contributed by atoms with Crippen molar-refractivity contribution in [1.82, 2.24) is 0 Å². The van der Waals surface area contributed by atoms with E-state index in [2.05, 4.69) is 24.4 Å². The minimum absolute atomic E-state index is 0.123. The van der Waals surface area contributed by atoms with Crippen LogP contribution < -0.4 is 10.1 Å². The molecule has 4 heteroatoms. The second-order valence-electron chi connectivity index (χ2n) is 6.32. The molecule has 0 aromatic heterocycles. The quantitative estimate of drug-likeness (QED) is 0.734. The Kier molecular flexibility index (Phi) is 6.03. The van der Waals surface area contributed by atoms with Crippen LogP contribution in [0.15, 0.2) is 47.4 Å². The van der Waals surface area contributed by atoms with E-state index in [0.29, 0.717) is 0 Å². The Morgan fingerprint density at radius 2 is 1.92 bits per heavy atom. The third kappa shape index (κ3) is 4.57. The third-order valence-corrected chi connectivity index (χ3v) is 5.40. The van der Waals surface area contributed by atoms with Crippen molar-refractivity contribution in [3.05, 3.63) is 53.6 Å². The van der Waals surface area contributed by atoms with Crippen LogP contribution in [0, 0.1) is 0 Å². The van der Waals surface area contributed by atoms with E-state index in [1.165, 1.54) is 24.0 Å². The lowest BCUT2D eigenvalue weighted by atomic mass is 9.92. The van der Waals surface area contributed by atoms with Crippen LogP contribution in [0.2, 0.25) is 0 Å². The predicted octanol–water partition coefficient (Wildman–Crippen LogP) is 5.08. The molecule has 1 atom stereocenters. The normalized spacial score (nSPS) is 14.5. The van der Waals surface area contributed by atoms with Gasteiger partial charge in [-0.3, -0.25) is 4.79 Å². The van der Waals surface area contributed by atoms with Crippen LogP contribution in [0.25, 0.3) is 0 Å². The summed E-state index contributed by atoms with van der Waals surface area (Å²) in [5.74, 6) is 1.62. The lowest BCUT2D eigenvalue weighted by Gasteiger charge is -2.19. The van der Waals surface area contributed by atoms with E-state index in [4.69, 9.17) is 4.74 Å². The number of hydrogen-bond acceptors (Lipinski definition) is 3. The van der Waals surface area contributed by atoms with Gasteiger partial charge in [-0.25, -0.2) is 0 Å². The Labute approximate surface area is 154 Å². The first-order valence-electron chi connectivity index (χ1n) is 8.98. The number of fused-ring (bicyclic) bond motifs is 1. The fourth-order valence-corrected chi connectivity index (χ4v) is 3.89. The zero-order valence-corrected chi connectivity index (χ0v) is 15.7. The van der Waals surface area contributed by atoms with E-state index in [-0.39, 0.29) is 5.91 Å². The number of benzene rings is 2. The van der Waals surface area contributed by atoms with Crippen molar-refractivity contribution in [3.8, 4) is 5.75 Å². The first-order valence-corrected chi connectivity index (χ1v) is 9.97. The minimum atomic E-state index is -0.540. The topological polar surface area (TPSA) is 38.3 Å². The summed E-state index contributed by atoms with van der Waals surface area (Å²) in [4.78, 5) is 13.6. The molecule has 0 heterocycles. The van der Waals surface area contributed by atoms with Crippen molar-refractivity contribution in [2.24, 2.45) is 0 Å². The van der Waals surface area contributed by atoms with Crippen molar-refractivity contribution < 1.29 is 9.53 Å². The first kappa shape index (κ1) is 17.9. The fraction of sp³-hybridized carbons (Fsp3) is 0.381. The monoisotopic (exact) mass is 355 g/mol. The molecule has 1 N–H and O–H groups in total. The van der Waals surface area contributed by atoms with Crippen LogP contribution in [0.5, 0.6) is 5.75 Å². The van der Waals surface area contributed by atoms with Crippen LogP contribution in [0.1, 0.15) is 37.8 Å². The smallest absolute Gasteiger partial charge is 0.265 e. The average Bonchev–Trinajstić information content (AvgIpc) is 2.63. The Balaban J connectivity index is 1.65. The highest BCUT2D eigenvalue weighted by Gasteiger charge is 2.17. The van der Waals surface area contributed by atoms with E-state index in [1.807, 2.05) is 30.3 Å². The molecule has 0 unspecified atom stereocenters. The number of amides is 1. The maximum Gasteiger partial charge on any atom is 0.265 e. The number of aryl methyl sites for hydroxylation is 2. The molecule has 0 radical (unpaired) electrons. The lowest BCUT2D eigenvalue weighted by molar-refractivity contribution is -0.122. The second-order valence-corrected chi connectivity index (χ2v) is 7.62. The Morgan fingerprint density at radius 3 is 2.72 bits per heavy atom. The van der Waals surface area contributed by atoms with Gasteiger partial charge in [0.25, 0.3) is 5.91 Å². The summed E-state index contributed by atoms with van der Waals surface area (Å²) in [6.45, 7) is 3.90. The molecular formula is C21H25NO2S. The predicted molar refractivity (Wildman–Crippen MR) is 105 cm³/mol. The molecule has 0 saturated carbocycles. The molecule has 0 aliphatic heterocycles. The molecule has 132 valence electrons. The summed E-state index contributed by atoms with van der Waals surface area (Å²) in [6, 6.07) is 14.1. The van der Waals surface area contributed by atoms with Gasteiger partial charge in [0.15, 0.2) is 6.10 Å². The molecule has 0 saturated heterocycles. The second kappa shape index (κ2) is 8.43. The van der Waals surface area contributed by atoms with Crippen LogP contribution in [-0.2, 0) is 17.6 Å². The summed E-state index contributed by atoms with van der Waals surface area (Å²) >= 11 is 1.72. The zero-order chi connectivity index (χ0) is 17.6. The summed E-state index contributed by atoms with van der Waals surface area (Å²) in [6.07, 6.45) is 4.22. The van der Waals surface area contributed by atoms with Crippen LogP contribution in [0.4, 0.5) is 5.69 Å². The van der Waals surface area contributed by atoms with Gasteiger partial charge in [0.2, 0.25) is 0 Å². The number of nitrogens with one attached hydrogen (secondary N) is 1. The summed E-state index contributed by atoms with van der Waals surface area (Å²) in [5, 5.41) is 2.99. The Hall–Kier alpha value is -1.94. The van der Waals surface area contributed by atoms with Crippen LogP contribution in [-0.4, -0.2) is 17.8 Å². The highest BCUT2D eigenvalue weighted by atomic mass is 32.2. The zero-order valence-electron chi connectivity index (χ0n) is 14.9. The van der Waals surface area contributed by atoms with Gasteiger partial charge in [-0.05, 0) is 73.8 Å². The van der Waals surface area contributed by atoms with Crippen LogP contribution >= 0.6 is 11.8 Å². The largest absolute Gasteiger partial charge is 0.481 e. The number of thioether (sulfide) groups is 1. The Bertz CT molecular complexity index is 744. The molecule has 0 bridgehead atoms. The van der Waals surface area contributed by atoms with E-state index in [0.717, 1.165) is 34.9 Å². The van der Waals surface area contributed by atoms with Gasteiger partial charge in [-0.2, -0.15) is 0 Å².